The van der Waals surface area contributed by atoms with Crippen molar-refractivity contribution >= 4 is 5.91 Å². The molecule has 1 saturated heterocycles. The third kappa shape index (κ3) is 4.20. The second-order valence-corrected chi connectivity index (χ2v) is 7.46. The Bertz CT molecular complexity index is 1240. The SMILES string of the molecule is O=C(c1nn(-c2ccccc2)c(=O)n(Cc2ccc(C(F)(F)F)cc2)c1=O)N1CCCC1. The molecule has 0 N–H and O–H groups in total. The molecule has 4 rings (SSSR count). The lowest BCUT2D eigenvalue weighted by Gasteiger charge is -2.16. The molecule has 7 nitrogen and oxygen atoms in total. The van der Waals surface area contributed by atoms with Crippen LogP contribution in [0.5, 0.6) is 0 Å². The van der Waals surface area contributed by atoms with Crippen LogP contribution in [0.4, 0.5) is 13.2 Å². The average Bonchev–Trinajstić information content (AvgIpc) is 3.32. The lowest BCUT2D eigenvalue weighted by atomic mass is 10.1. The van der Waals surface area contributed by atoms with Gasteiger partial charge in [-0.2, -0.15) is 23.0 Å². The zero-order chi connectivity index (χ0) is 22.9. The van der Waals surface area contributed by atoms with Crippen LogP contribution in [0.15, 0.2) is 64.2 Å². The Labute approximate surface area is 180 Å². The summed E-state index contributed by atoms with van der Waals surface area (Å²) in [5.74, 6) is -0.571. The second kappa shape index (κ2) is 8.45. The van der Waals surface area contributed by atoms with E-state index in [0.29, 0.717) is 24.3 Å². The number of alkyl halides is 3. The minimum Gasteiger partial charge on any atom is -0.337 e. The Kier molecular flexibility index (Phi) is 5.68. The Morgan fingerprint density at radius 3 is 2.16 bits per heavy atom. The fourth-order valence-electron chi connectivity index (χ4n) is 3.58. The van der Waals surface area contributed by atoms with E-state index in [1.807, 2.05) is 0 Å². The van der Waals surface area contributed by atoms with Gasteiger partial charge in [-0.15, -0.1) is 0 Å². The highest BCUT2D eigenvalue weighted by atomic mass is 19.4. The zero-order valence-electron chi connectivity index (χ0n) is 16.9. The van der Waals surface area contributed by atoms with Gasteiger partial charge < -0.3 is 4.90 Å². The molecule has 0 spiro atoms. The number of carbonyl (C=O) groups excluding carboxylic acids is 1. The molecule has 1 aromatic heterocycles. The van der Waals surface area contributed by atoms with Gasteiger partial charge in [0, 0.05) is 13.1 Å². The fourth-order valence-corrected chi connectivity index (χ4v) is 3.58. The van der Waals surface area contributed by atoms with Crippen molar-refractivity contribution in [2.75, 3.05) is 13.1 Å². The minimum absolute atomic E-state index is 0.300. The maximum absolute atomic E-state index is 13.1. The van der Waals surface area contributed by atoms with Crippen LogP contribution in [0, 0.1) is 0 Å². The lowest BCUT2D eigenvalue weighted by molar-refractivity contribution is -0.137. The Morgan fingerprint density at radius 2 is 1.56 bits per heavy atom. The van der Waals surface area contributed by atoms with E-state index in [0.717, 1.165) is 34.2 Å². The molecule has 1 fully saturated rings. The molecule has 0 radical (unpaired) electrons. The van der Waals surface area contributed by atoms with E-state index in [-0.39, 0.29) is 6.54 Å². The molecule has 0 unspecified atom stereocenters. The molecule has 2 heterocycles. The van der Waals surface area contributed by atoms with Crippen LogP contribution in [0.3, 0.4) is 0 Å². The first-order chi connectivity index (χ1) is 15.3. The molecular weight excluding hydrogens is 425 g/mol. The van der Waals surface area contributed by atoms with Gasteiger partial charge in [0.1, 0.15) is 0 Å². The van der Waals surface area contributed by atoms with E-state index in [1.54, 1.807) is 30.3 Å². The number of hydrogen-bond acceptors (Lipinski definition) is 4. The third-order valence-corrected chi connectivity index (χ3v) is 5.28. The quantitative estimate of drug-likeness (QED) is 0.620. The van der Waals surface area contributed by atoms with Crippen LogP contribution in [0.25, 0.3) is 5.69 Å². The topological polar surface area (TPSA) is 77.2 Å². The smallest absolute Gasteiger partial charge is 0.337 e. The minimum atomic E-state index is -4.50. The summed E-state index contributed by atoms with van der Waals surface area (Å²) in [5, 5.41) is 4.07. The van der Waals surface area contributed by atoms with Gasteiger partial charge in [0.2, 0.25) is 5.69 Å². The standard InChI is InChI=1S/C22H19F3N4O3/c23-22(24,25)16-10-8-15(9-11-16)14-28-20(31)18(19(30)27-12-4-5-13-27)26-29(21(28)32)17-6-2-1-3-7-17/h1-3,6-11H,4-5,12-14H2. The van der Waals surface area contributed by atoms with E-state index in [4.69, 9.17) is 0 Å². The van der Waals surface area contributed by atoms with E-state index in [1.165, 1.54) is 17.0 Å². The van der Waals surface area contributed by atoms with Gasteiger partial charge in [0.05, 0.1) is 17.8 Å². The Hall–Kier alpha value is -3.69. The average molecular weight is 444 g/mol. The zero-order valence-corrected chi connectivity index (χ0v) is 16.9. The molecule has 0 bridgehead atoms. The van der Waals surface area contributed by atoms with E-state index < -0.39 is 34.6 Å². The highest BCUT2D eigenvalue weighted by Gasteiger charge is 2.30. The summed E-state index contributed by atoms with van der Waals surface area (Å²) in [6, 6.07) is 12.5. The van der Waals surface area contributed by atoms with Crippen LogP contribution in [0.1, 0.15) is 34.5 Å². The maximum atomic E-state index is 13.1. The molecule has 3 aromatic rings. The molecule has 10 heteroatoms. The van der Waals surface area contributed by atoms with E-state index in [9.17, 15) is 27.6 Å². The lowest BCUT2D eigenvalue weighted by Crippen LogP contribution is -2.46. The first kappa shape index (κ1) is 21.5. The highest BCUT2D eigenvalue weighted by molar-refractivity contribution is 5.92. The number of carbonyl (C=O) groups is 1. The normalized spacial score (nSPS) is 14.0. The number of rotatable bonds is 4. The molecule has 1 aliphatic heterocycles. The summed E-state index contributed by atoms with van der Waals surface area (Å²) in [6.07, 6.45) is -2.88. The summed E-state index contributed by atoms with van der Waals surface area (Å²) in [4.78, 5) is 40.6. The molecule has 0 aliphatic carbocycles. The first-order valence-corrected chi connectivity index (χ1v) is 10.0. The van der Waals surface area contributed by atoms with Gasteiger partial charge >= 0.3 is 11.9 Å². The number of benzene rings is 2. The van der Waals surface area contributed by atoms with Crippen molar-refractivity contribution in [1.82, 2.24) is 19.2 Å². The number of hydrogen-bond donors (Lipinski definition) is 0. The summed E-state index contributed by atoms with van der Waals surface area (Å²) >= 11 is 0. The van der Waals surface area contributed by atoms with Crippen molar-refractivity contribution in [1.29, 1.82) is 0 Å². The fraction of sp³-hybridized carbons (Fsp3) is 0.273. The van der Waals surface area contributed by atoms with Crippen molar-refractivity contribution in [3.05, 3.63) is 92.3 Å². The molecule has 2 aromatic carbocycles. The van der Waals surface area contributed by atoms with Crippen LogP contribution in [-0.2, 0) is 12.7 Å². The van der Waals surface area contributed by atoms with Crippen molar-refractivity contribution in [2.24, 2.45) is 0 Å². The van der Waals surface area contributed by atoms with Gasteiger partial charge in [-0.3, -0.25) is 14.2 Å². The van der Waals surface area contributed by atoms with E-state index in [2.05, 4.69) is 5.10 Å². The Morgan fingerprint density at radius 1 is 0.938 bits per heavy atom. The number of para-hydroxylation sites is 1. The number of halogens is 3. The van der Waals surface area contributed by atoms with Crippen molar-refractivity contribution in [2.45, 2.75) is 25.6 Å². The molecule has 32 heavy (non-hydrogen) atoms. The van der Waals surface area contributed by atoms with Gasteiger partial charge in [-0.1, -0.05) is 30.3 Å². The van der Waals surface area contributed by atoms with Crippen molar-refractivity contribution < 1.29 is 18.0 Å². The van der Waals surface area contributed by atoms with Gasteiger partial charge in [-0.05, 0) is 42.7 Å². The number of likely N-dealkylation sites (tertiary alicyclic amines) is 1. The van der Waals surface area contributed by atoms with Crippen LogP contribution >= 0.6 is 0 Å². The van der Waals surface area contributed by atoms with Gasteiger partial charge in [0.25, 0.3) is 11.5 Å². The largest absolute Gasteiger partial charge is 0.416 e. The summed E-state index contributed by atoms with van der Waals surface area (Å²) in [6.45, 7) is 0.679. The maximum Gasteiger partial charge on any atom is 0.416 e. The molecule has 0 saturated carbocycles. The summed E-state index contributed by atoms with van der Waals surface area (Å²) in [5.41, 5.74) is -2.24. The van der Waals surface area contributed by atoms with Crippen molar-refractivity contribution in [3.8, 4) is 5.69 Å². The number of aromatic nitrogens is 3. The molecular formula is C22H19F3N4O3. The Balaban J connectivity index is 1.81. The third-order valence-electron chi connectivity index (χ3n) is 5.28. The predicted molar refractivity (Wildman–Crippen MR) is 110 cm³/mol. The number of nitrogens with zero attached hydrogens (tertiary/aromatic N) is 4. The van der Waals surface area contributed by atoms with Crippen molar-refractivity contribution in [3.63, 3.8) is 0 Å². The van der Waals surface area contributed by atoms with Gasteiger partial charge in [0.15, 0.2) is 0 Å². The van der Waals surface area contributed by atoms with Crippen LogP contribution < -0.4 is 11.2 Å². The molecule has 166 valence electrons. The van der Waals surface area contributed by atoms with Gasteiger partial charge in [-0.25, -0.2) is 4.79 Å². The monoisotopic (exact) mass is 444 g/mol. The highest BCUT2D eigenvalue weighted by Crippen LogP contribution is 2.29. The van der Waals surface area contributed by atoms with Crippen LogP contribution in [0.2, 0.25) is 0 Å². The predicted octanol–water partition coefficient (Wildman–Crippen LogP) is 2.70. The molecule has 0 atom stereocenters. The summed E-state index contributed by atoms with van der Waals surface area (Å²) in [7, 11) is 0. The van der Waals surface area contributed by atoms with Crippen LogP contribution in [-0.4, -0.2) is 38.2 Å². The molecule has 1 aliphatic rings. The molecule has 1 amide bonds. The number of amides is 1. The second-order valence-electron chi connectivity index (χ2n) is 7.46. The van der Waals surface area contributed by atoms with E-state index >= 15 is 0 Å². The summed E-state index contributed by atoms with van der Waals surface area (Å²) < 4.78 is 40.3. The first-order valence-electron chi connectivity index (χ1n) is 10.0.